The zero-order chi connectivity index (χ0) is 24.2. The van der Waals surface area contributed by atoms with E-state index in [2.05, 4.69) is 15.8 Å². The molecule has 2 aromatic heterocycles. The number of hydrogen-bond acceptors (Lipinski definition) is 5. The fraction of sp³-hybridized carbons (Fsp3) is 0.500. The van der Waals surface area contributed by atoms with Gasteiger partial charge in [0, 0.05) is 24.7 Å². The summed E-state index contributed by atoms with van der Waals surface area (Å²) in [6.07, 6.45) is 7.58. The molecule has 7 heteroatoms. The minimum Gasteiger partial charge on any atom is -0.494 e. The number of pyridine rings is 2. The average molecular weight is 454 g/mol. The Labute approximate surface area is 194 Å². The highest BCUT2D eigenvalue weighted by molar-refractivity contribution is 6.06. The second-order valence-electron chi connectivity index (χ2n) is 9.68. The lowest BCUT2D eigenvalue weighted by atomic mass is 9.82. The third-order valence-corrected chi connectivity index (χ3v) is 5.94. The number of primary amides is 1. The number of ether oxygens (including phenoxy) is 2. The Hall–Kier alpha value is -3.09. The summed E-state index contributed by atoms with van der Waals surface area (Å²) >= 11 is 0. The number of nitrogens with two attached hydrogens (primary N) is 1. The van der Waals surface area contributed by atoms with E-state index >= 15 is 0 Å². The normalized spacial score (nSPS) is 13.8. The molecule has 1 fully saturated rings. The number of carbonyl (C=O) groups excluding carboxylic acids is 1. The van der Waals surface area contributed by atoms with Crippen molar-refractivity contribution in [3.05, 3.63) is 46.5 Å². The third kappa shape index (κ3) is 6.24. The quantitative estimate of drug-likeness (QED) is 0.421. The number of rotatable bonds is 5. The lowest BCUT2D eigenvalue weighted by Gasteiger charge is -2.25. The molecule has 1 saturated carbocycles. The van der Waals surface area contributed by atoms with Crippen molar-refractivity contribution in [3.8, 4) is 5.75 Å². The zero-order valence-electron chi connectivity index (χ0n) is 20.3. The van der Waals surface area contributed by atoms with Crippen LogP contribution >= 0.6 is 0 Å². The molecule has 0 atom stereocenters. The standard InChI is InChI=1S/C21H24N2O2.C5H11NO2/c1-14-20-18(10-11-22-14)17-9-8-16(13-19(17)23(2)21(20)24)25-12-4-7-15-5-3-6-15;1-5(2,3)8-4(6)7/h8-11,13,15H,3-7,12H2,1-2H3;1-3H3,(H2,6,7). The molecular formula is C26H35N3O4. The molecular weight excluding hydrogens is 418 g/mol. The van der Waals surface area contributed by atoms with Crippen molar-refractivity contribution >= 4 is 27.8 Å². The summed E-state index contributed by atoms with van der Waals surface area (Å²) < 4.78 is 12.2. The van der Waals surface area contributed by atoms with Crippen molar-refractivity contribution in [3.63, 3.8) is 0 Å². The van der Waals surface area contributed by atoms with Crippen LogP contribution < -0.4 is 16.0 Å². The minimum atomic E-state index is -0.725. The van der Waals surface area contributed by atoms with Gasteiger partial charge in [0.2, 0.25) is 0 Å². The van der Waals surface area contributed by atoms with Gasteiger partial charge in [-0.25, -0.2) is 4.79 Å². The van der Waals surface area contributed by atoms with Gasteiger partial charge >= 0.3 is 6.09 Å². The number of hydrogen-bond donors (Lipinski definition) is 1. The second kappa shape index (κ2) is 10.2. The number of fused-ring (bicyclic) bond motifs is 3. The summed E-state index contributed by atoms with van der Waals surface area (Å²) in [5.41, 5.74) is 5.94. The van der Waals surface area contributed by atoms with Crippen molar-refractivity contribution in [1.82, 2.24) is 9.55 Å². The first kappa shape index (κ1) is 24.6. The Morgan fingerprint density at radius 2 is 1.94 bits per heavy atom. The molecule has 0 aliphatic heterocycles. The largest absolute Gasteiger partial charge is 0.494 e. The van der Waals surface area contributed by atoms with Gasteiger partial charge in [-0.05, 0) is 70.0 Å². The molecule has 1 aliphatic rings. The van der Waals surface area contributed by atoms with Gasteiger partial charge < -0.3 is 19.8 Å². The Morgan fingerprint density at radius 1 is 1.21 bits per heavy atom. The highest BCUT2D eigenvalue weighted by Crippen LogP contribution is 2.31. The van der Waals surface area contributed by atoms with E-state index in [1.54, 1.807) is 31.5 Å². The highest BCUT2D eigenvalue weighted by atomic mass is 16.6. The van der Waals surface area contributed by atoms with Gasteiger partial charge in [0.1, 0.15) is 11.4 Å². The van der Waals surface area contributed by atoms with Gasteiger partial charge in [-0.1, -0.05) is 19.3 Å². The van der Waals surface area contributed by atoms with Crippen LogP contribution in [0.4, 0.5) is 4.79 Å². The van der Waals surface area contributed by atoms with Gasteiger partial charge in [-0.3, -0.25) is 9.78 Å². The first-order chi connectivity index (χ1) is 15.6. The van der Waals surface area contributed by atoms with E-state index in [1.165, 1.54) is 25.7 Å². The Balaban J connectivity index is 0.000000331. The summed E-state index contributed by atoms with van der Waals surface area (Å²) in [6, 6.07) is 7.96. The molecule has 4 rings (SSSR count). The van der Waals surface area contributed by atoms with Crippen molar-refractivity contribution in [2.24, 2.45) is 18.7 Å². The molecule has 2 heterocycles. The lowest BCUT2D eigenvalue weighted by molar-refractivity contribution is 0.0600. The van der Waals surface area contributed by atoms with Gasteiger partial charge in [0.25, 0.3) is 5.56 Å². The molecule has 2 N–H and O–H groups in total. The molecule has 3 aromatic rings. The summed E-state index contributed by atoms with van der Waals surface area (Å²) in [7, 11) is 1.82. The molecule has 0 radical (unpaired) electrons. The van der Waals surface area contributed by atoms with Crippen molar-refractivity contribution in [2.45, 2.75) is 65.4 Å². The van der Waals surface area contributed by atoms with Crippen LogP contribution in [-0.2, 0) is 11.8 Å². The molecule has 0 bridgehead atoms. The maximum absolute atomic E-state index is 12.7. The molecule has 1 amide bonds. The molecule has 0 spiro atoms. The smallest absolute Gasteiger partial charge is 0.405 e. The van der Waals surface area contributed by atoms with E-state index in [9.17, 15) is 9.59 Å². The topological polar surface area (TPSA) is 96.4 Å². The van der Waals surface area contributed by atoms with Gasteiger partial charge in [0.05, 0.1) is 23.2 Å². The molecule has 0 saturated heterocycles. The molecule has 7 nitrogen and oxygen atoms in total. The number of nitrogens with zero attached hydrogens (tertiary/aromatic N) is 2. The molecule has 33 heavy (non-hydrogen) atoms. The molecule has 0 unspecified atom stereocenters. The first-order valence-corrected chi connectivity index (χ1v) is 11.6. The Morgan fingerprint density at radius 3 is 2.52 bits per heavy atom. The zero-order valence-corrected chi connectivity index (χ0v) is 20.3. The van der Waals surface area contributed by atoms with Crippen molar-refractivity contribution in [2.75, 3.05) is 6.61 Å². The van der Waals surface area contributed by atoms with Crippen LogP contribution in [0.1, 0.15) is 58.6 Å². The second-order valence-corrected chi connectivity index (χ2v) is 9.68. The van der Waals surface area contributed by atoms with Crippen LogP contribution in [0.25, 0.3) is 21.7 Å². The van der Waals surface area contributed by atoms with E-state index in [-0.39, 0.29) is 5.56 Å². The van der Waals surface area contributed by atoms with E-state index in [1.807, 2.05) is 32.2 Å². The SMILES string of the molecule is CC(C)(C)OC(N)=O.Cc1nccc2c1c(=O)n(C)c1cc(OCCCC3CCC3)ccc21. The molecule has 1 aromatic carbocycles. The summed E-state index contributed by atoms with van der Waals surface area (Å²) in [5, 5.41) is 2.72. The van der Waals surface area contributed by atoms with E-state index in [4.69, 9.17) is 10.5 Å². The van der Waals surface area contributed by atoms with Crippen molar-refractivity contribution in [1.29, 1.82) is 0 Å². The maximum Gasteiger partial charge on any atom is 0.405 e. The summed E-state index contributed by atoms with van der Waals surface area (Å²) in [5.74, 6) is 1.76. The lowest BCUT2D eigenvalue weighted by Crippen LogP contribution is -2.27. The predicted molar refractivity (Wildman–Crippen MR) is 132 cm³/mol. The van der Waals surface area contributed by atoms with Gasteiger partial charge in [0.15, 0.2) is 0 Å². The number of aryl methyl sites for hydroxylation is 2. The minimum absolute atomic E-state index is 0.00441. The van der Waals surface area contributed by atoms with Gasteiger partial charge in [-0.2, -0.15) is 0 Å². The monoisotopic (exact) mass is 453 g/mol. The number of carbonyl (C=O) groups is 1. The van der Waals surface area contributed by atoms with Crippen LogP contribution in [0, 0.1) is 12.8 Å². The summed E-state index contributed by atoms with van der Waals surface area (Å²) in [6.45, 7) is 7.91. The maximum atomic E-state index is 12.7. The summed E-state index contributed by atoms with van der Waals surface area (Å²) in [4.78, 5) is 27.0. The first-order valence-electron chi connectivity index (χ1n) is 11.6. The number of amides is 1. The molecule has 1 aliphatic carbocycles. The average Bonchev–Trinajstić information content (AvgIpc) is 2.69. The number of benzene rings is 1. The molecule has 178 valence electrons. The third-order valence-electron chi connectivity index (χ3n) is 5.94. The van der Waals surface area contributed by atoms with E-state index in [0.717, 1.165) is 46.7 Å². The van der Waals surface area contributed by atoms with E-state index < -0.39 is 11.7 Å². The van der Waals surface area contributed by atoms with Crippen LogP contribution in [0.2, 0.25) is 0 Å². The van der Waals surface area contributed by atoms with Crippen LogP contribution in [0.3, 0.4) is 0 Å². The predicted octanol–water partition coefficient (Wildman–Crippen LogP) is 5.23. The van der Waals surface area contributed by atoms with E-state index in [0.29, 0.717) is 5.39 Å². The highest BCUT2D eigenvalue weighted by Gasteiger charge is 2.16. The van der Waals surface area contributed by atoms with Crippen LogP contribution in [0.5, 0.6) is 5.75 Å². The van der Waals surface area contributed by atoms with Gasteiger partial charge in [-0.15, -0.1) is 0 Å². The Kier molecular flexibility index (Phi) is 7.61. The van der Waals surface area contributed by atoms with Crippen LogP contribution in [0.15, 0.2) is 35.3 Å². The Bertz CT molecular complexity index is 1190. The van der Waals surface area contributed by atoms with Crippen molar-refractivity contribution < 1.29 is 14.3 Å². The fourth-order valence-corrected chi connectivity index (χ4v) is 4.09. The number of aromatic nitrogens is 2. The van der Waals surface area contributed by atoms with Crippen LogP contribution in [-0.4, -0.2) is 27.9 Å². The fourth-order valence-electron chi connectivity index (χ4n) is 4.09.